The molecule has 0 heterocycles. The van der Waals surface area contributed by atoms with Crippen molar-refractivity contribution in [2.75, 3.05) is 23.7 Å². The molecule has 1 unspecified atom stereocenters. The van der Waals surface area contributed by atoms with Gasteiger partial charge in [0.25, 0.3) is 0 Å². The zero-order chi connectivity index (χ0) is 24.6. The summed E-state index contributed by atoms with van der Waals surface area (Å²) < 4.78 is 39.6. The van der Waals surface area contributed by atoms with Gasteiger partial charge < -0.3 is 10.2 Å². The molecule has 33 heavy (non-hydrogen) atoms. The Kier molecular flexibility index (Phi) is 9.67. The average Bonchev–Trinajstić information content (AvgIpc) is 2.74. The molecule has 1 N–H and O–H groups in total. The number of amides is 2. The van der Waals surface area contributed by atoms with Gasteiger partial charge in [0.1, 0.15) is 11.9 Å². The van der Waals surface area contributed by atoms with Gasteiger partial charge in [0.15, 0.2) is 0 Å². The number of hydrogen-bond acceptors (Lipinski definition) is 4. The van der Waals surface area contributed by atoms with E-state index in [4.69, 9.17) is 11.6 Å². The Balaban J connectivity index is 2.16. The van der Waals surface area contributed by atoms with Gasteiger partial charge in [-0.3, -0.25) is 13.9 Å². The molecule has 0 saturated carbocycles. The van der Waals surface area contributed by atoms with E-state index in [1.165, 1.54) is 23.1 Å². The second kappa shape index (κ2) is 12.0. The summed E-state index contributed by atoms with van der Waals surface area (Å²) in [7, 11) is -3.76. The van der Waals surface area contributed by atoms with Crippen LogP contribution < -0.4 is 9.62 Å². The highest BCUT2D eigenvalue weighted by Gasteiger charge is 2.26. The number of hydrogen-bond donors (Lipinski definition) is 1. The van der Waals surface area contributed by atoms with Crippen molar-refractivity contribution >= 4 is 39.1 Å². The molecule has 0 saturated heterocycles. The second-order valence-corrected chi connectivity index (χ2v) is 9.96. The summed E-state index contributed by atoms with van der Waals surface area (Å²) in [6.45, 7) is 3.94. The first-order valence-electron chi connectivity index (χ1n) is 10.6. The number of para-hydroxylation sites is 1. The number of nitrogens with zero attached hydrogens (tertiary/aromatic N) is 2. The van der Waals surface area contributed by atoms with E-state index in [2.05, 4.69) is 5.32 Å². The van der Waals surface area contributed by atoms with Gasteiger partial charge >= 0.3 is 0 Å². The zero-order valence-electron chi connectivity index (χ0n) is 18.9. The Morgan fingerprint density at radius 1 is 1.15 bits per heavy atom. The van der Waals surface area contributed by atoms with Crippen molar-refractivity contribution in [2.45, 2.75) is 39.3 Å². The fraction of sp³-hybridized carbons (Fsp3) is 0.391. The van der Waals surface area contributed by atoms with Crippen LogP contribution in [0.15, 0.2) is 48.5 Å². The predicted molar refractivity (Wildman–Crippen MR) is 128 cm³/mol. The van der Waals surface area contributed by atoms with Crippen LogP contribution in [0.2, 0.25) is 5.02 Å². The molecule has 7 nitrogen and oxygen atoms in total. The van der Waals surface area contributed by atoms with Gasteiger partial charge in [0, 0.05) is 31.1 Å². The second-order valence-electron chi connectivity index (χ2n) is 7.61. The molecule has 2 aromatic rings. The van der Waals surface area contributed by atoms with Gasteiger partial charge in [-0.15, -0.1) is 0 Å². The van der Waals surface area contributed by atoms with Crippen LogP contribution >= 0.6 is 11.6 Å². The van der Waals surface area contributed by atoms with Crippen molar-refractivity contribution in [3.8, 4) is 0 Å². The molecule has 0 radical (unpaired) electrons. The quantitative estimate of drug-likeness (QED) is 0.514. The summed E-state index contributed by atoms with van der Waals surface area (Å²) in [5.41, 5.74) is 0.690. The smallest absolute Gasteiger partial charge is 0.242 e. The highest BCUT2D eigenvalue weighted by atomic mass is 35.5. The number of sulfonamides is 1. The third-order valence-corrected chi connectivity index (χ3v) is 6.45. The fourth-order valence-corrected chi connectivity index (χ4v) is 4.55. The van der Waals surface area contributed by atoms with Gasteiger partial charge in [-0.2, -0.15) is 0 Å². The van der Waals surface area contributed by atoms with Gasteiger partial charge in [-0.25, -0.2) is 12.8 Å². The minimum atomic E-state index is -3.76. The van der Waals surface area contributed by atoms with Crippen LogP contribution in [0.3, 0.4) is 0 Å². The Hall–Kier alpha value is -2.65. The van der Waals surface area contributed by atoms with Crippen LogP contribution in [0.25, 0.3) is 0 Å². The average molecular weight is 498 g/mol. The third kappa shape index (κ3) is 7.71. The molecule has 0 fully saturated rings. The number of rotatable bonds is 11. The number of likely N-dealkylation sites (N-methyl/N-ethyl adjacent to an activating group) is 1. The van der Waals surface area contributed by atoms with E-state index in [1.807, 2.05) is 0 Å². The first-order chi connectivity index (χ1) is 15.5. The van der Waals surface area contributed by atoms with Crippen LogP contribution in [0, 0.1) is 5.82 Å². The topological polar surface area (TPSA) is 86.8 Å². The largest absolute Gasteiger partial charge is 0.355 e. The maximum atomic E-state index is 14.2. The molecule has 0 bridgehead atoms. The van der Waals surface area contributed by atoms with Gasteiger partial charge in [0.05, 0.1) is 11.9 Å². The molecule has 0 aliphatic heterocycles. The molecule has 0 aliphatic carbocycles. The van der Waals surface area contributed by atoms with E-state index in [0.29, 0.717) is 11.6 Å². The summed E-state index contributed by atoms with van der Waals surface area (Å²) in [5, 5.41) is 3.22. The van der Waals surface area contributed by atoms with Crippen molar-refractivity contribution < 1.29 is 22.4 Å². The van der Waals surface area contributed by atoms with E-state index >= 15 is 0 Å². The van der Waals surface area contributed by atoms with Crippen molar-refractivity contribution in [3.05, 3.63) is 64.9 Å². The lowest BCUT2D eigenvalue weighted by Gasteiger charge is -2.29. The van der Waals surface area contributed by atoms with E-state index in [-0.39, 0.29) is 43.4 Å². The number of nitrogens with one attached hydrogen (secondary N) is 1. The minimum absolute atomic E-state index is 0.0230. The van der Waals surface area contributed by atoms with Crippen LogP contribution in [-0.4, -0.2) is 50.5 Å². The zero-order valence-corrected chi connectivity index (χ0v) is 20.5. The SMILES string of the molecule is CCNC(=O)C(C)N(Cc1cccc(Cl)c1)C(=O)CCCN(c1ccccc1F)S(C)(=O)=O. The summed E-state index contributed by atoms with van der Waals surface area (Å²) in [5.74, 6) is -1.28. The van der Waals surface area contributed by atoms with Crippen LogP contribution in [-0.2, 0) is 26.2 Å². The molecule has 10 heteroatoms. The number of carbonyl (C=O) groups is 2. The first-order valence-corrected chi connectivity index (χ1v) is 12.8. The Morgan fingerprint density at radius 2 is 1.85 bits per heavy atom. The highest BCUT2D eigenvalue weighted by molar-refractivity contribution is 7.92. The van der Waals surface area contributed by atoms with Gasteiger partial charge in [0.2, 0.25) is 21.8 Å². The minimum Gasteiger partial charge on any atom is -0.355 e. The lowest BCUT2D eigenvalue weighted by Crippen LogP contribution is -2.47. The molecule has 2 aromatic carbocycles. The van der Waals surface area contributed by atoms with E-state index < -0.39 is 21.9 Å². The normalized spacial score (nSPS) is 12.2. The standard InChI is InChI=1S/C23H29ClFN3O4S/c1-4-26-23(30)17(2)27(16-18-9-7-10-19(24)15-18)22(29)13-8-14-28(33(3,31)32)21-12-6-5-11-20(21)25/h5-7,9-12,15,17H,4,8,13-14,16H2,1-3H3,(H,26,30). The maximum absolute atomic E-state index is 14.2. The Bertz CT molecular complexity index is 1080. The van der Waals surface area contributed by atoms with Gasteiger partial charge in [-0.05, 0) is 50.1 Å². The van der Waals surface area contributed by atoms with Crippen molar-refractivity contribution in [2.24, 2.45) is 0 Å². The molecule has 180 valence electrons. The Morgan fingerprint density at radius 3 is 2.45 bits per heavy atom. The molecule has 2 rings (SSSR count). The highest BCUT2D eigenvalue weighted by Crippen LogP contribution is 2.22. The fourth-order valence-electron chi connectivity index (χ4n) is 3.37. The number of halogens is 2. The molecule has 0 spiro atoms. The maximum Gasteiger partial charge on any atom is 0.242 e. The first kappa shape index (κ1) is 26.6. The van der Waals surface area contributed by atoms with E-state index in [9.17, 15) is 22.4 Å². The van der Waals surface area contributed by atoms with Crippen molar-refractivity contribution in [1.29, 1.82) is 0 Å². The summed E-state index contributed by atoms with van der Waals surface area (Å²) in [6.07, 6.45) is 1.11. The molecular weight excluding hydrogens is 469 g/mol. The van der Waals surface area contributed by atoms with Crippen molar-refractivity contribution in [1.82, 2.24) is 10.2 Å². The lowest BCUT2D eigenvalue weighted by atomic mass is 10.1. The molecular formula is C23H29ClFN3O4S. The van der Waals surface area contributed by atoms with Crippen molar-refractivity contribution in [3.63, 3.8) is 0 Å². The van der Waals surface area contributed by atoms with Crippen LogP contribution in [0.4, 0.5) is 10.1 Å². The monoisotopic (exact) mass is 497 g/mol. The number of benzene rings is 2. The number of carbonyl (C=O) groups excluding carboxylic acids is 2. The number of anilines is 1. The van der Waals surface area contributed by atoms with E-state index in [0.717, 1.165) is 16.1 Å². The molecule has 0 aliphatic rings. The van der Waals surface area contributed by atoms with E-state index in [1.54, 1.807) is 44.2 Å². The van der Waals surface area contributed by atoms with Crippen LogP contribution in [0.1, 0.15) is 32.3 Å². The predicted octanol–water partition coefficient (Wildman–Crippen LogP) is 3.58. The molecule has 0 aromatic heterocycles. The summed E-state index contributed by atoms with van der Waals surface area (Å²) >= 11 is 6.06. The lowest BCUT2D eigenvalue weighted by molar-refractivity contribution is -0.140. The molecule has 1 atom stereocenters. The summed E-state index contributed by atoms with van der Waals surface area (Å²) in [4.78, 5) is 26.9. The Labute approximate surface area is 199 Å². The summed E-state index contributed by atoms with van der Waals surface area (Å²) in [6, 6.07) is 11.8. The molecule has 2 amide bonds. The van der Waals surface area contributed by atoms with Gasteiger partial charge in [-0.1, -0.05) is 35.9 Å². The van der Waals surface area contributed by atoms with Crippen LogP contribution in [0.5, 0.6) is 0 Å². The third-order valence-electron chi connectivity index (χ3n) is 5.03.